The van der Waals surface area contributed by atoms with Gasteiger partial charge < -0.3 is 24.1 Å². The number of benzene rings is 3. The van der Waals surface area contributed by atoms with Crippen molar-refractivity contribution < 1.29 is 28.8 Å². The molecule has 0 aromatic heterocycles. The molecular formula is C33H38O6. The highest BCUT2D eigenvalue weighted by Gasteiger charge is 2.54. The van der Waals surface area contributed by atoms with Crippen LogP contribution in [0.4, 0.5) is 0 Å². The second kappa shape index (κ2) is 13.5. The zero-order valence-corrected chi connectivity index (χ0v) is 22.3. The largest absolute Gasteiger partial charge is 0.387 e. The van der Waals surface area contributed by atoms with E-state index in [1.807, 2.05) is 91.0 Å². The van der Waals surface area contributed by atoms with E-state index in [1.54, 1.807) is 0 Å². The number of ether oxygens (including phenoxy) is 4. The van der Waals surface area contributed by atoms with Gasteiger partial charge in [-0.05, 0) is 29.5 Å². The molecule has 0 amide bonds. The van der Waals surface area contributed by atoms with Crippen LogP contribution >= 0.6 is 0 Å². The van der Waals surface area contributed by atoms with Gasteiger partial charge in [-0.3, -0.25) is 4.79 Å². The van der Waals surface area contributed by atoms with Gasteiger partial charge in [-0.1, -0.05) is 110 Å². The molecule has 206 valence electrons. The van der Waals surface area contributed by atoms with Crippen molar-refractivity contribution in [3.63, 3.8) is 0 Å². The molecule has 1 saturated heterocycles. The monoisotopic (exact) mass is 530 g/mol. The zero-order chi connectivity index (χ0) is 26.9. The minimum Gasteiger partial charge on any atom is -0.387 e. The fourth-order valence-electron chi connectivity index (χ4n) is 5.54. The minimum absolute atomic E-state index is 0.208. The molecule has 0 unspecified atom stereocenters. The Hall–Kier alpha value is -2.87. The van der Waals surface area contributed by atoms with Crippen molar-refractivity contribution in [3.05, 3.63) is 108 Å². The molecule has 0 spiro atoms. The first-order chi connectivity index (χ1) is 19.1. The van der Waals surface area contributed by atoms with Gasteiger partial charge in [0.1, 0.15) is 24.4 Å². The van der Waals surface area contributed by atoms with Crippen LogP contribution in [0.15, 0.2) is 91.0 Å². The van der Waals surface area contributed by atoms with Crippen molar-refractivity contribution in [2.75, 3.05) is 6.61 Å². The summed E-state index contributed by atoms with van der Waals surface area (Å²) in [5, 5.41) is 11.6. The predicted octanol–water partition coefficient (Wildman–Crippen LogP) is 5.41. The summed E-state index contributed by atoms with van der Waals surface area (Å²) in [5.41, 5.74) is 1.78. The SMILES string of the molecule is O=C1[C@@H](OCc2ccccc2)[C@H](OCc2ccccc2)[C@@H](COCc2ccccc2)O[C@@H]1C1(O)CCCCC1. The summed E-state index contributed by atoms with van der Waals surface area (Å²) in [6.07, 6.45) is 0.662. The van der Waals surface area contributed by atoms with Gasteiger partial charge in [0.2, 0.25) is 0 Å². The van der Waals surface area contributed by atoms with Crippen LogP contribution in [-0.4, -0.2) is 47.5 Å². The van der Waals surface area contributed by atoms with Gasteiger partial charge in [-0.25, -0.2) is 0 Å². The summed E-state index contributed by atoms with van der Waals surface area (Å²) in [6.45, 7) is 1.17. The molecule has 1 heterocycles. The molecule has 2 fully saturated rings. The molecule has 6 nitrogen and oxygen atoms in total. The Morgan fingerprint density at radius 3 is 1.79 bits per heavy atom. The number of carbonyl (C=O) groups excluding carboxylic acids is 1. The molecule has 3 aromatic carbocycles. The molecule has 1 N–H and O–H groups in total. The van der Waals surface area contributed by atoms with Crippen molar-refractivity contribution in [1.82, 2.24) is 0 Å². The lowest BCUT2D eigenvalue weighted by atomic mass is 9.76. The van der Waals surface area contributed by atoms with Crippen molar-refractivity contribution in [2.24, 2.45) is 0 Å². The fourth-order valence-corrected chi connectivity index (χ4v) is 5.54. The van der Waals surface area contributed by atoms with E-state index in [2.05, 4.69) is 0 Å². The molecule has 6 heteroatoms. The van der Waals surface area contributed by atoms with Crippen molar-refractivity contribution >= 4 is 5.78 Å². The maximum absolute atomic E-state index is 14.0. The number of rotatable bonds is 11. The first kappa shape index (κ1) is 27.7. The van der Waals surface area contributed by atoms with E-state index in [0.717, 1.165) is 36.0 Å². The molecule has 3 aromatic rings. The Bertz CT molecular complexity index is 1150. The number of hydrogen-bond donors (Lipinski definition) is 1. The number of carbonyl (C=O) groups is 1. The third-order valence-corrected chi connectivity index (χ3v) is 7.67. The number of hydrogen-bond acceptors (Lipinski definition) is 6. The standard InChI is InChI=1S/C33H38O6/c34-29-31(38-23-27-17-9-3-10-18-27)30(37-22-26-15-7-2-8-16-26)28(24-36-21-25-13-5-1-6-14-25)39-32(29)33(35)19-11-4-12-20-33/h1-3,5-10,13-18,28,30-32,35H,4,11-12,19-24H2/t28-,30-,31-,32+/m1/s1. The van der Waals surface area contributed by atoms with Crippen LogP contribution < -0.4 is 0 Å². The van der Waals surface area contributed by atoms with Crippen LogP contribution in [0.5, 0.6) is 0 Å². The smallest absolute Gasteiger partial charge is 0.195 e. The van der Waals surface area contributed by atoms with Gasteiger partial charge in [0.15, 0.2) is 5.78 Å². The molecule has 4 atom stereocenters. The van der Waals surface area contributed by atoms with E-state index in [0.29, 0.717) is 26.1 Å². The summed E-state index contributed by atoms with van der Waals surface area (Å²) in [6, 6.07) is 29.6. The van der Waals surface area contributed by atoms with E-state index >= 15 is 0 Å². The fraction of sp³-hybridized carbons (Fsp3) is 0.424. The highest BCUT2D eigenvalue weighted by atomic mass is 16.6. The molecule has 1 aliphatic carbocycles. The molecule has 5 rings (SSSR count). The maximum Gasteiger partial charge on any atom is 0.195 e. The van der Waals surface area contributed by atoms with Gasteiger partial charge >= 0.3 is 0 Å². The molecule has 1 saturated carbocycles. The Balaban J connectivity index is 1.39. The first-order valence-corrected chi connectivity index (χ1v) is 14.0. The second-order valence-corrected chi connectivity index (χ2v) is 10.6. The summed E-state index contributed by atoms with van der Waals surface area (Å²) in [4.78, 5) is 14.0. The van der Waals surface area contributed by atoms with Crippen molar-refractivity contribution in [1.29, 1.82) is 0 Å². The van der Waals surface area contributed by atoms with E-state index in [1.165, 1.54) is 0 Å². The molecule has 0 radical (unpaired) electrons. The van der Waals surface area contributed by atoms with E-state index in [4.69, 9.17) is 18.9 Å². The summed E-state index contributed by atoms with van der Waals surface area (Å²) in [5.74, 6) is -0.257. The lowest BCUT2D eigenvalue weighted by molar-refractivity contribution is -0.241. The maximum atomic E-state index is 14.0. The van der Waals surface area contributed by atoms with Crippen molar-refractivity contribution in [2.45, 2.75) is 81.9 Å². The van der Waals surface area contributed by atoms with Crippen LogP contribution in [-0.2, 0) is 43.6 Å². The van der Waals surface area contributed by atoms with Crippen LogP contribution in [0, 0.1) is 0 Å². The molecule has 1 aliphatic heterocycles. The third kappa shape index (κ3) is 7.21. The average molecular weight is 531 g/mol. The Kier molecular flexibility index (Phi) is 9.56. The van der Waals surface area contributed by atoms with Crippen molar-refractivity contribution in [3.8, 4) is 0 Å². The number of Topliss-reactive ketones (excluding diaryl/α,β-unsaturated/α-hetero) is 1. The third-order valence-electron chi connectivity index (χ3n) is 7.67. The van der Waals surface area contributed by atoms with E-state index in [-0.39, 0.29) is 19.0 Å². The number of aliphatic hydroxyl groups is 1. The Morgan fingerprint density at radius 1 is 0.718 bits per heavy atom. The van der Waals surface area contributed by atoms with Gasteiger partial charge in [-0.15, -0.1) is 0 Å². The van der Waals surface area contributed by atoms with Gasteiger partial charge in [-0.2, -0.15) is 0 Å². The molecule has 0 bridgehead atoms. The minimum atomic E-state index is -1.22. The molecular weight excluding hydrogens is 492 g/mol. The zero-order valence-electron chi connectivity index (χ0n) is 22.3. The summed E-state index contributed by atoms with van der Waals surface area (Å²) < 4.78 is 25.2. The lowest BCUT2D eigenvalue weighted by Crippen LogP contribution is -2.64. The molecule has 39 heavy (non-hydrogen) atoms. The highest BCUT2D eigenvalue weighted by molar-refractivity contribution is 5.90. The normalized spacial score (nSPS) is 24.9. The highest BCUT2D eigenvalue weighted by Crippen LogP contribution is 2.38. The van der Waals surface area contributed by atoms with Gasteiger partial charge in [0.05, 0.1) is 32.0 Å². The van der Waals surface area contributed by atoms with Gasteiger partial charge in [0, 0.05) is 0 Å². The van der Waals surface area contributed by atoms with Crippen LogP contribution in [0.3, 0.4) is 0 Å². The number of ketones is 1. The summed E-state index contributed by atoms with van der Waals surface area (Å²) in [7, 11) is 0. The first-order valence-electron chi connectivity index (χ1n) is 14.0. The van der Waals surface area contributed by atoms with Crippen LogP contribution in [0.25, 0.3) is 0 Å². The van der Waals surface area contributed by atoms with E-state index in [9.17, 15) is 9.90 Å². The van der Waals surface area contributed by atoms with Crippen LogP contribution in [0.1, 0.15) is 48.8 Å². The predicted molar refractivity (Wildman–Crippen MR) is 148 cm³/mol. The summed E-state index contributed by atoms with van der Waals surface area (Å²) >= 11 is 0. The van der Waals surface area contributed by atoms with E-state index < -0.39 is 30.0 Å². The average Bonchev–Trinajstić information content (AvgIpc) is 2.98. The molecule has 2 aliphatic rings. The second-order valence-electron chi connectivity index (χ2n) is 10.6. The lowest BCUT2D eigenvalue weighted by Gasteiger charge is -2.46. The Labute approximate surface area is 230 Å². The topological polar surface area (TPSA) is 74.2 Å². The Morgan fingerprint density at radius 2 is 1.23 bits per heavy atom. The quantitative estimate of drug-likeness (QED) is 0.358. The van der Waals surface area contributed by atoms with Gasteiger partial charge in [0.25, 0.3) is 0 Å². The van der Waals surface area contributed by atoms with Crippen LogP contribution in [0.2, 0.25) is 0 Å².